The Balaban J connectivity index is 1.59. The maximum absolute atomic E-state index is 5.80. The normalized spacial score (nSPS) is 18.5. The molecule has 0 amide bonds. The van der Waals surface area contributed by atoms with Crippen molar-refractivity contribution in [3.8, 4) is 11.5 Å². The van der Waals surface area contributed by atoms with Gasteiger partial charge in [-0.1, -0.05) is 30.3 Å². The number of nitrogens with one attached hydrogen (secondary N) is 1. The van der Waals surface area contributed by atoms with Crippen molar-refractivity contribution >= 4 is 12.2 Å². The largest absolute Gasteiger partial charge is 0.497 e. The van der Waals surface area contributed by atoms with Gasteiger partial charge in [0.05, 0.1) is 32.9 Å². The van der Waals surface area contributed by atoms with Crippen LogP contribution in [0.2, 0.25) is 0 Å². The molecule has 1 N–H and O–H groups in total. The summed E-state index contributed by atoms with van der Waals surface area (Å²) in [5, 5.41) is 4.77. The molecule has 1 aliphatic rings. The highest BCUT2D eigenvalue weighted by molar-refractivity contribution is 7.71. The number of rotatable bonds is 7. The molecule has 1 aliphatic heterocycles. The first-order valence-electron chi connectivity index (χ1n) is 10.4. The molecule has 0 radical (unpaired) electrons. The van der Waals surface area contributed by atoms with E-state index in [-0.39, 0.29) is 0 Å². The number of aromatic nitrogens is 3. The van der Waals surface area contributed by atoms with Crippen molar-refractivity contribution in [1.82, 2.24) is 14.3 Å². The maximum atomic E-state index is 5.80. The van der Waals surface area contributed by atoms with Gasteiger partial charge in [-0.2, -0.15) is 9.78 Å². The number of benzene rings is 2. The van der Waals surface area contributed by atoms with Crippen LogP contribution in [-0.4, -0.2) is 35.1 Å². The zero-order chi connectivity index (χ0) is 21.1. The Morgan fingerprint density at radius 2 is 1.93 bits per heavy atom. The number of hydrogen-bond acceptors (Lipinski definition) is 4. The summed E-state index contributed by atoms with van der Waals surface area (Å²) in [5.41, 5.74) is 2.42. The quantitative estimate of drug-likeness (QED) is 0.591. The van der Waals surface area contributed by atoms with Crippen LogP contribution >= 0.6 is 12.2 Å². The molecule has 158 valence electrons. The summed E-state index contributed by atoms with van der Waals surface area (Å²) in [7, 11) is 3.43. The Morgan fingerprint density at radius 3 is 2.67 bits per heavy atom. The summed E-state index contributed by atoms with van der Waals surface area (Å²) < 4.78 is 16.0. The minimum Gasteiger partial charge on any atom is -0.497 e. The van der Waals surface area contributed by atoms with E-state index in [1.165, 1.54) is 16.0 Å². The van der Waals surface area contributed by atoms with E-state index in [1.807, 2.05) is 29.8 Å². The highest BCUT2D eigenvalue weighted by Crippen LogP contribution is 2.31. The number of hydrogen-bond donors (Lipinski definition) is 1. The van der Waals surface area contributed by atoms with Crippen molar-refractivity contribution in [3.05, 3.63) is 70.3 Å². The fourth-order valence-corrected chi connectivity index (χ4v) is 4.68. The predicted octanol–water partition coefficient (Wildman–Crippen LogP) is 3.17. The van der Waals surface area contributed by atoms with Crippen LogP contribution in [0.4, 0.5) is 0 Å². The Hall–Kier alpha value is -2.64. The number of quaternary nitrogens is 1. The number of methoxy groups -OCH3 is 2. The summed E-state index contributed by atoms with van der Waals surface area (Å²) in [6.07, 6.45) is 2.27. The summed E-state index contributed by atoms with van der Waals surface area (Å²) >= 11 is 5.80. The van der Waals surface area contributed by atoms with Gasteiger partial charge in [0.2, 0.25) is 4.77 Å². The van der Waals surface area contributed by atoms with Gasteiger partial charge in [-0.25, -0.2) is 0 Å². The Kier molecular flexibility index (Phi) is 6.20. The first kappa shape index (κ1) is 20.6. The summed E-state index contributed by atoms with van der Waals surface area (Å²) in [6, 6.07) is 16.8. The zero-order valence-electron chi connectivity index (χ0n) is 17.8. The fourth-order valence-electron chi connectivity index (χ4n) is 4.38. The molecule has 1 aromatic heterocycles. The van der Waals surface area contributed by atoms with Gasteiger partial charge in [0.1, 0.15) is 23.4 Å². The van der Waals surface area contributed by atoms with Gasteiger partial charge in [0, 0.05) is 12.8 Å². The summed E-state index contributed by atoms with van der Waals surface area (Å²) in [6.45, 7) is 4.59. The van der Waals surface area contributed by atoms with E-state index in [1.54, 1.807) is 14.2 Å². The lowest BCUT2D eigenvalue weighted by Crippen LogP contribution is -3.09. The topological polar surface area (TPSA) is 45.6 Å². The van der Waals surface area contributed by atoms with Crippen LogP contribution in [0.5, 0.6) is 11.5 Å². The third-order valence-corrected chi connectivity index (χ3v) is 6.37. The van der Waals surface area contributed by atoms with E-state index in [2.05, 4.69) is 34.9 Å². The van der Waals surface area contributed by atoms with Crippen molar-refractivity contribution in [3.63, 3.8) is 0 Å². The van der Waals surface area contributed by atoms with Crippen molar-refractivity contribution in [2.75, 3.05) is 20.8 Å². The second-order valence-electron chi connectivity index (χ2n) is 7.77. The molecule has 0 spiro atoms. The second-order valence-corrected chi connectivity index (χ2v) is 8.14. The third kappa shape index (κ3) is 4.13. The van der Waals surface area contributed by atoms with E-state index >= 15 is 0 Å². The van der Waals surface area contributed by atoms with Gasteiger partial charge >= 0.3 is 0 Å². The highest BCUT2D eigenvalue weighted by Gasteiger charge is 2.33. The third-order valence-electron chi connectivity index (χ3n) is 5.94. The van der Waals surface area contributed by atoms with Crippen molar-refractivity contribution in [2.24, 2.45) is 0 Å². The number of likely N-dealkylation sites (tertiary alicyclic amines) is 1. The van der Waals surface area contributed by atoms with Gasteiger partial charge in [-0.05, 0) is 42.9 Å². The van der Waals surface area contributed by atoms with Gasteiger partial charge in [-0.15, -0.1) is 0 Å². The Labute approximate surface area is 182 Å². The van der Waals surface area contributed by atoms with Crippen LogP contribution in [0.3, 0.4) is 0 Å². The van der Waals surface area contributed by atoms with Crippen LogP contribution in [0.1, 0.15) is 35.8 Å². The molecule has 0 bridgehead atoms. The minimum atomic E-state index is 0.330. The molecular weight excluding hydrogens is 396 g/mol. The lowest BCUT2D eigenvalue weighted by Gasteiger charge is -2.23. The lowest BCUT2D eigenvalue weighted by molar-refractivity contribution is -0.941. The van der Waals surface area contributed by atoms with E-state index in [0.717, 1.165) is 54.7 Å². The van der Waals surface area contributed by atoms with Crippen LogP contribution < -0.4 is 14.4 Å². The zero-order valence-corrected chi connectivity index (χ0v) is 18.6. The van der Waals surface area contributed by atoms with E-state index in [4.69, 9.17) is 26.8 Å². The molecule has 0 saturated carbocycles. The molecule has 2 heterocycles. The molecule has 0 aliphatic carbocycles. The molecule has 7 heteroatoms. The van der Waals surface area contributed by atoms with Gasteiger partial charge in [-0.3, -0.25) is 4.57 Å². The SMILES string of the molecule is COc1ccc(OC)c([C@@H]2CCC[NH+]2Cn2nc(C)n(Cc3ccccc3)c2=S)c1. The Bertz CT molecular complexity index is 1060. The van der Waals surface area contributed by atoms with Crippen LogP contribution in [0.15, 0.2) is 48.5 Å². The van der Waals surface area contributed by atoms with E-state index < -0.39 is 0 Å². The van der Waals surface area contributed by atoms with E-state index in [9.17, 15) is 0 Å². The molecule has 30 heavy (non-hydrogen) atoms. The molecular formula is C23H29N4O2S+. The van der Waals surface area contributed by atoms with E-state index in [0.29, 0.717) is 6.04 Å². The average molecular weight is 426 g/mol. The minimum absolute atomic E-state index is 0.330. The summed E-state index contributed by atoms with van der Waals surface area (Å²) in [5.74, 6) is 2.71. The number of ether oxygens (including phenoxy) is 2. The highest BCUT2D eigenvalue weighted by atomic mass is 32.1. The van der Waals surface area contributed by atoms with Crippen molar-refractivity contribution in [2.45, 2.75) is 39.0 Å². The predicted molar refractivity (Wildman–Crippen MR) is 119 cm³/mol. The van der Waals surface area contributed by atoms with Crippen molar-refractivity contribution in [1.29, 1.82) is 0 Å². The van der Waals surface area contributed by atoms with Gasteiger partial charge in [0.25, 0.3) is 0 Å². The Morgan fingerprint density at radius 1 is 1.13 bits per heavy atom. The molecule has 1 fully saturated rings. The average Bonchev–Trinajstić information content (AvgIpc) is 3.34. The number of aryl methyl sites for hydroxylation is 1. The molecule has 4 rings (SSSR count). The lowest BCUT2D eigenvalue weighted by atomic mass is 10.0. The van der Waals surface area contributed by atoms with Crippen LogP contribution in [0, 0.1) is 11.7 Å². The van der Waals surface area contributed by atoms with Crippen LogP contribution in [0.25, 0.3) is 0 Å². The monoisotopic (exact) mass is 425 g/mol. The smallest absolute Gasteiger partial charge is 0.203 e. The molecule has 3 aromatic rings. The molecule has 2 atom stereocenters. The van der Waals surface area contributed by atoms with Crippen LogP contribution in [-0.2, 0) is 13.2 Å². The van der Waals surface area contributed by atoms with Gasteiger partial charge < -0.3 is 14.4 Å². The molecule has 1 saturated heterocycles. The molecule has 1 unspecified atom stereocenters. The maximum Gasteiger partial charge on any atom is 0.203 e. The molecule has 2 aromatic carbocycles. The number of nitrogens with zero attached hydrogens (tertiary/aromatic N) is 3. The van der Waals surface area contributed by atoms with Crippen molar-refractivity contribution < 1.29 is 14.4 Å². The summed E-state index contributed by atoms with van der Waals surface area (Å²) in [4.78, 5) is 1.45. The standard InChI is InChI=1S/C23H28N4O2S/c1-17-24-27(23(30)26(17)15-18-8-5-4-6-9-18)16-25-13-7-10-21(25)20-14-19(28-2)11-12-22(20)29-3/h4-6,8-9,11-12,14,21H,7,10,13,15-16H2,1-3H3/p+1/t21-/m0/s1. The first-order valence-corrected chi connectivity index (χ1v) is 10.8. The molecule has 6 nitrogen and oxygen atoms in total. The van der Waals surface area contributed by atoms with Gasteiger partial charge in [0.15, 0.2) is 6.67 Å². The first-order chi connectivity index (χ1) is 14.6. The fraction of sp³-hybridized carbons (Fsp3) is 0.391. The second kappa shape index (κ2) is 9.02.